The average molecular weight is 382 g/mol. The summed E-state index contributed by atoms with van der Waals surface area (Å²) >= 11 is 2.93. The van der Waals surface area contributed by atoms with Crippen molar-refractivity contribution in [3.8, 4) is 0 Å². The van der Waals surface area contributed by atoms with E-state index in [4.69, 9.17) is 0 Å². The van der Waals surface area contributed by atoms with Gasteiger partial charge < -0.3 is 4.90 Å². The Kier molecular flexibility index (Phi) is 5.19. The van der Waals surface area contributed by atoms with E-state index in [1.54, 1.807) is 11.8 Å². The summed E-state index contributed by atoms with van der Waals surface area (Å²) in [6.45, 7) is 5.28. The standard InChI is InChI=1S/C14H19BrF3N3O/c1-9-4-3-6-20(8-9)11(22)5-7-21-10(2)12(15)13(19-21)14(16,17)18/h9H,3-8H2,1-2H3. The Labute approximate surface area is 135 Å². The first-order valence-corrected chi connectivity index (χ1v) is 8.07. The smallest absolute Gasteiger partial charge is 0.342 e. The molecule has 1 aliphatic heterocycles. The molecular formula is C14H19BrF3N3O. The van der Waals surface area contributed by atoms with Crippen LogP contribution in [0.15, 0.2) is 4.47 Å². The fourth-order valence-electron chi connectivity index (χ4n) is 2.70. The molecule has 0 radical (unpaired) electrons. The molecule has 0 N–H and O–H groups in total. The number of rotatable bonds is 3. The zero-order valence-electron chi connectivity index (χ0n) is 12.6. The highest BCUT2D eigenvalue weighted by Crippen LogP contribution is 2.35. The van der Waals surface area contributed by atoms with Gasteiger partial charge in [-0.15, -0.1) is 0 Å². The van der Waals surface area contributed by atoms with Crippen LogP contribution in [0.1, 0.15) is 37.6 Å². The molecule has 0 bridgehead atoms. The summed E-state index contributed by atoms with van der Waals surface area (Å²) < 4.78 is 39.6. The van der Waals surface area contributed by atoms with Crippen molar-refractivity contribution in [3.05, 3.63) is 15.9 Å². The van der Waals surface area contributed by atoms with E-state index < -0.39 is 11.9 Å². The molecule has 1 saturated heterocycles. The second-order valence-electron chi connectivity index (χ2n) is 5.81. The summed E-state index contributed by atoms with van der Waals surface area (Å²) in [7, 11) is 0. The lowest BCUT2D eigenvalue weighted by atomic mass is 10.00. The summed E-state index contributed by atoms with van der Waals surface area (Å²) in [6, 6.07) is 0. The van der Waals surface area contributed by atoms with Gasteiger partial charge in [0, 0.05) is 19.5 Å². The number of hydrogen-bond acceptors (Lipinski definition) is 2. The largest absolute Gasteiger partial charge is 0.436 e. The van der Waals surface area contributed by atoms with Crippen molar-refractivity contribution in [2.45, 2.75) is 45.8 Å². The van der Waals surface area contributed by atoms with Gasteiger partial charge in [0.25, 0.3) is 0 Å². The maximum atomic E-state index is 12.8. The summed E-state index contributed by atoms with van der Waals surface area (Å²) in [6.07, 6.45) is -2.23. The fraction of sp³-hybridized carbons (Fsp3) is 0.714. The summed E-state index contributed by atoms with van der Waals surface area (Å²) in [4.78, 5) is 14.0. The number of carbonyl (C=O) groups excluding carboxylic acids is 1. The van der Waals surface area contributed by atoms with E-state index in [1.165, 1.54) is 4.68 Å². The highest BCUT2D eigenvalue weighted by Gasteiger charge is 2.38. The fourth-order valence-corrected chi connectivity index (χ4v) is 3.21. The van der Waals surface area contributed by atoms with Crippen LogP contribution in [0.5, 0.6) is 0 Å². The van der Waals surface area contributed by atoms with Crippen molar-refractivity contribution in [2.24, 2.45) is 5.92 Å². The molecule has 1 fully saturated rings. The SMILES string of the molecule is Cc1c(Br)c(C(F)(F)F)nn1CCC(=O)N1CCCC(C)C1. The first kappa shape index (κ1) is 17.3. The Hall–Kier alpha value is -1.05. The number of halogens is 4. The quantitative estimate of drug-likeness (QED) is 0.801. The lowest BCUT2D eigenvalue weighted by Crippen LogP contribution is -2.39. The van der Waals surface area contributed by atoms with Crippen molar-refractivity contribution in [1.29, 1.82) is 0 Å². The lowest BCUT2D eigenvalue weighted by molar-refractivity contribution is -0.142. The van der Waals surface area contributed by atoms with Crippen molar-refractivity contribution >= 4 is 21.8 Å². The highest BCUT2D eigenvalue weighted by atomic mass is 79.9. The van der Waals surface area contributed by atoms with E-state index in [0.29, 0.717) is 11.6 Å². The van der Waals surface area contributed by atoms with Gasteiger partial charge in [-0.3, -0.25) is 9.48 Å². The summed E-state index contributed by atoms with van der Waals surface area (Å²) in [5.41, 5.74) is -0.559. The van der Waals surface area contributed by atoms with Gasteiger partial charge in [-0.05, 0) is 41.6 Å². The molecule has 1 aliphatic rings. The molecular weight excluding hydrogens is 363 g/mol. The monoisotopic (exact) mass is 381 g/mol. The molecule has 2 rings (SSSR count). The number of aromatic nitrogens is 2. The number of nitrogens with zero attached hydrogens (tertiary/aromatic N) is 3. The van der Waals surface area contributed by atoms with Gasteiger partial charge >= 0.3 is 6.18 Å². The number of alkyl halides is 3. The topological polar surface area (TPSA) is 38.1 Å². The molecule has 2 heterocycles. The van der Waals surface area contributed by atoms with Crippen LogP contribution in [0.3, 0.4) is 0 Å². The zero-order valence-corrected chi connectivity index (χ0v) is 14.2. The van der Waals surface area contributed by atoms with E-state index in [2.05, 4.69) is 28.0 Å². The molecule has 1 amide bonds. The third-order valence-corrected chi connectivity index (χ3v) is 4.90. The van der Waals surface area contributed by atoms with Gasteiger partial charge in [-0.1, -0.05) is 6.92 Å². The molecule has 0 aliphatic carbocycles. The number of likely N-dealkylation sites (tertiary alicyclic amines) is 1. The Morgan fingerprint density at radius 1 is 1.45 bits per heavy atom. The molecule has 1 unspecified atom stereocenters. The molecule has 4 nitrogen and oxygen atoms in total. The van der Waals surface area contributed by atoms with Gasteiger partial charge in [0.2, 0.25) is 5.91 Å². The van der Waals surface area contributed by atoms with Crippen LogP contribution in [0.25, 0.3) is 0 Å². The van der Waals surface area contributed by atoms with Gasteiger partial charge in [-0.25, -0.2) is 0 Å². The third-order valence-electron chi connectivity index (χ3n) is 3.95. The van der Waals surface area contributed by atoms with Crippen LogP contribution >= 0.6 is 15.9 Å². The van der Waals surface area contributed by atoms with E-state index >= 15 is 0 Å². The normalized spacial score (nSPS) is 19.5. The molecule has 124 valence electrons. The maximum Gasteiger partial charge on any atom is 0.436 e. The predicted octanol–water partition coefficient (Wildman–Crippen LogP) is 3.62. The van der Waals surface area contributed by atoms with E-state index in [1.807, 2.05) is 0 Å². The Balaban J connectivity index is 2.01. The number of piperidine rings is 1. The lowest BCUT2D eigenvalue weighted by Gasteiger charge is -2.31. The number of hydrogen-bond donors (Lipinski definition) is 0. The third kappa shape index (κ3) is 3.83. The number of aryl methyl sites for hydroxylation is 1. The van der Waals surface area contributed by atoms with Gasteiger partial charge in [0.15, 0.2) is 5.69 Å². The predicted molar refractivity (Wildman–Crippen MR) is 79.3 cm³/mol. The second-order valence-corrected chi connectivity index (χ2v) is 6.60. The van der Waals surface area contributed by atoms with Crippen molar-refractivity contribution < 1.29 is 18.0 Å². The number of amides is 1. The van der Waals surface area contributed by atoms with Gasteiger partial charge in [0.1, 0.15) is 0 Å². The minimum atomic E-state index is -4.50. The second kappa shape index (κ2) is 6.60. The van der Waals surface area contributed by atoms with E-state index in [-0.39, 0.29) is 23.3 Å². The van der Waals surface area contributed by atoms with Crippen molar-refractivity contribution in [2.75, 3.05) is 13.1 Å². The summed E-state index contributed by atoms with van der Waals surface area (Å²) in [5.74, 6) is 0.459. The molecule has 22 heavy (non-hydrogen) atoms. The molecule has 0 aromatic carbocycles. The molecule has 0 spiro atoms. The molecule has 0 saturated carbocycles. The molecule has 1 aromatic rings. The maximum absolute atomic E-state index is 12.8. The van der Waals surface area contributed by atoms with Crippen LogP contribution in [-0.4, -0.2) is 33.7 Å². The Morgan fingerprint density at radius 2 is 2.14 bits per heavy atom. The highest BCUT2D eigenvalue weighted by molar-refractivity contribution is 9.10. The first-order valence-electron chi connectivity index (χ1n) is 7.28. The van der Waals surface area contributed by atoms with Crippen LogP contribution in [0, 0.1) is 12.8 Å². The van der Waals surface area contributed by atoms with Crippen molar-refractivity contribution in [3.63, 3.8) is 0 Å². The molecule has 8 heteroatoms. The minimum absolute atomic E-state index is 0.0221. The van der Waals surface area contributed by atoms with Crippen molar-refractivity contribution in [1.82, 2.24) is 14.7 Å². The van der Waals surface area contributed by atoms with Crippen LogP contribution < -0.4 is 0 Å². The van der Waals surface area contributed by atoms with E-state index in [0.717, 1.165) is 25.9 Å². The van der Waals surface area contributed by atoms with Crippen LogP contribution in [-0.2, 0) is 17.5 Å². The minimum Gasteiger partial charge on any atom is -0.342 e. The van der Waals surface area contributed by atoms with E-state index in [9.17, 15) is 18.0 Å². The van der Waals surface area contributed by atoms with Gasteiger partial charge in [-0.2, -0.15) is 18.3 Å². The zero-order chi connectivity index (χ0) is 16.5. The Morgan fingerprint density at radius 3 is 2.68 bits per heavy atom. The summed E-state index contributed by atoms with van der Waals surface area (Å²) in [5, 5.41) is 3.59. The first-order chi connectivity index (χ1) is 10.2. The van der Waals surface area contributed by atoms with Gasteiger partial charge in [0.05, 0.1) is 16.7 Å². The number of carbonyl (C=O) groups is 1. The molecule has 1 aromatic heterocycles. The molecule has 1 atom stereocenters. The Bertz CT molecular complexity index is 556. The average Bonchev–Trinajstić information content (AvgIpc) is 2.72. The van der Waals surface area contributed by atoms with Crippen LogP contribution in [0.4, 0.5) is 13.2 Å². The van der Waals surface area contributed by atoms with Crippen LogP contribution in [0.2, 0.25) is 0 Å².